The maximum Gasteiger partial charge on any atom is 0.326 e. The molecule has 0 aliphatic carbocycles. The summed E-state index contributed by atoms with van der Waals surface area (Å²) < 4.78 is 0. The zero-order valence-corrected chi connectivity index (χ0v) is 18.6. The molecule has 0 spiro atoms. The van der Waals surface area contributed by atoms with Gasteiger partial charge in [0.05, 0.1) is 0 Å². The SMILES string of the molecule is CC(=O)SCC(C)C(=O)N1CC(c2ccc(Sc3ccccc3)cc2)C[C@H]1C(=O)O. The molecule has 7 heteroatoms. The summed E-state index contributed by atoms with van der Waals surface area (Å²) in [6, 6.07) is 17.4. The van der Waals surface area contributed by atoms with E-state index in [4.69, 9.17) is 0 Å². The Kier molecular flexibility index (Phi) is 7.61. The highest BCUT2D eigenvalue weighted by atomic mass is 32.2. The molecule has 1 heterocycles. The molecule has 30 heavy (non-hydrogen) atoms. The van der Waals surface area contributed by atoms with Crippen LogP contribution in [0, 0.1) is 5.92 Å². The molecule has 2 unspecified atom stereocenters. The third-order valence-electron chi connectivity index (χ3n) is 5.16. The van der Waals surface area contributed by atoms with Gasteiger partial charge in [-0.2, -0.15) is 0 Å². The van der Waals surface area contributed by atoms with E-state index in [2.05, 4.69) is 12.1 Å². The van der Waals surface area contributed by atoms with E-state index in [1.807, 2.05) is 42.5 Å². The number of nitrogens with zero attached hydrogens (tertiary/aromatic N) is 1. The molecule has 2 aromatic carbocycles. The van der Waals surface area contributed by atoms with Crippen LogP contribution in [0.5, 0.6) is 0 Å². The molecule has 5 nitrogen and oxygen atoms in total. The Morgan fingerprint density at radius 3 is 2.30 bits per heavy atom. The fourth-order valence-electron chi connectivity index (χ4n) is 3.58. The quantitative estimate of drug-likeness (QED) is 0.678. The molecule has 158 valence electrons. The Hall–Kier alpha value is -2.25. The number of benzene rings is 2. The van der Waals surface area contributed by atoms with Crippen molar-refractivity contribution in [3.8, 4) is 0 Å². The highest BCUT2D eigenvalue weighted by Gasteiger charge is 2.41. The number of thioether (sulfide) groups is 1. The van der Waals surface area contributed by atoms with Crippen LogP contribution in [0.15, 0.2) is 64.4 Å². The van der Waals surface area contributed by atoms with Crippen molar-refractivity contribution in [2.75, 3.05) is 12.3 Å². The first-order valence-electron chi connectivity index (χ1n) is 9.84. The van der Waals surface area contributed by atoms with E-state index >= 15 is 0 Å². The second kappa shape index (κ2) is 10.2. The summed E-state index contributed by atoms with van der Waals surface area (Å²) in [5, 5.41) is 9.60. The Bertz CT molecular complexity index is 901. The standard InChI is InChI=1S/C23H25NO4S2/c1-15(14-29-16(2)25)22(26)24-13-18(12-21(24)23(27)28)17-8-10-20(11-9-17)30-19-6-4-3-5-7-19/h3-11,15,18,21H,12-14H2,1-2H3,(H,27,28)/t15?,18?,21-/m0/s1. The van der Waals surface area contributed by atoms with E-state index < -0.39 is 17.9 Å². The summed E-state index contributed by atoms with van der Waals surface area (Å²) >= 11 is 2.77. The molecular formula is C23H25NO4S2. The van der Waals surface area contributed by atoms with E-state index in [1.165, 1.54) is 11.8 Å². The number of hydrogen-bond donors (Lipinski definition) is 1. The summed E-state index contributed by atoms with van der Waals surface area (Å²) in [6.45, 7) is 3.60. The van der Waals surface area contributed by atoms with Crippen molar-refractivity contribution in [1.82, 2.24) is 4.90 Å². The number of likely N-dealkylation sites (tertiary alicyclic amines) is 1. The van der Waals surface area contributed by atoms with Crippen LogP contribution >= 0.6 is 23.5 Å². The number of hydrogen-bond acceptors (Lipinski definition) is 5. The molecule has 1 fully saturated rings. The minimum atomic E-state index is -0.978. The van der Waals surface area contributed by atoms with Crippen molar-refractivity contribution in [2.45, 2.75) is 42.0 Å². The third-order valence-corrected chi connectivity index (χ3v) is 7.25. The number of carbonyl (C=O) groups excluding carboxylic acids is 2. The first-order chi connectivity index (χ1) is 14.3. The maximum atomic E-state index is 12.8. The van der Waals surface area contributed by atoms with Crippen LogP contribution < -0.4 is 0 Å². The smallest absolute Gasteiger partial charge is 0.326 e. The van der Waals surface area contributed by atoms with E-state index in [0.717, 1.165) is 27.1 Å². The normalized spacial score (nSPS) is 19.5. The molecule has 3 rings (SSSR count). The van der Waals surface area contributed by atoms with E-state index in [1.54, 1.807) is 18.7 Å². The Balaban J connectivity index is 1.68. The summed E-state index contributed by atoms with van der Waals surface area (Å²) in [6.07, 6.45) is 0.402. The van der Waals surface area contributed by atoms with E-state index in [9.17, 15) is 19.5 Å². The highest BCUT2D eigenvalue weighted by Crippen LogP contribution is 2.35. The van der Waals surface area contributed by atoms with Crippen LogP contribution in [0.2, 0.25) is 0 Å². The second-order valence-electron chi connectivity index (χ2n) is 7.47. The molecule has 0 aromatic heterocycles. The Labute approximate surface area is 185 Å². The van der Waals surface area contributed by atoms with Crippen molar-refractivity contribution in [2.24, 2.45) is 5.92 Å². The molecule has 3 atom stereocenters. The van der Waals surface area contributed by atoms with Gasteiger partial charge in [-0.3, -0.25) is 9.59 Å². The van der Waals surface area contributed by atoms with Gasteiger partial charge >= 0.3 is 5.97 Å². The molecule has 1 aliphatic rings. The summed E-state index contributed by atoms with van der Waals surface area (Å²) in [4.78, 5) is 39.6. The zero-order valence-electron chi connectivity index (χ0n) is 17.0. The number of carboxylic acids is 1. The number of carbonyl (C=O) groups is 3. The third kappa shape index (κ3) is 5.67. The van der Waals surface area contributed by atoms with Gasteiger partial charge in [0.1, 0.15) is 6.04 Å². The minimum absolute atomic E-state index is 0.0153. The zero-order chi connectivity index (χ0) is 21.7. The summed E-state index contributed by atoms with van der Waals surface area (Å²) in [5.74, 6) is -1.22. The molecular weight excluding hydrogens is 418 g/mol. The van der Waals surface area contributed by atoms with Gasteiger partial charge < -0.3 is 10.0 Å². The highest BCUT2D eigenvalue weighted by molar-refractivity contribution is 8.13. The van der Waals surface area contributed by atoms with Gasteiger partial charge in [-0.15, -0.1) is 0 Å². The lowest BCUT2D eigenvalue weighted by Gasteiger charge is -2.24. The van der Waals surface area contributed by atoms with Crippen LogP contribution in [-0.2, 0) is 14.4 Å². The first-order valence-corrected chi connectivity index (χ1v) is 11.6. The van der Waals surface area contributed by atoms with Crippen LogP contribution in [-0.4, -0.2) is 45.3 Å². The fourth-order valence-corrected chi connectivity index (χ4v) is 5.05. The fraction of sp³-hybridized carbons (Fsp3) is 0.348. The first kappa shape index (κ1) is 22.4. The van der Waals surface area contributed by atoms with Crippen LogP contribution in [0.3, 0.4) is 0 Å². The summed E-state index contributed by atoms with van der Waals surface area (Å²) in [5.41, 5.74) is 1.04. The van der Waals surface area contributed by atoms with E-state index in [0.29, 0.717) is 18.7 Å². The molecule has 0 bridgehead atoms. The molecule has 1 aliphatic heterocycles. The molecule has 0 saturated carbocycles. The monoisotopic (exact) mass is 443 g/mol. The van der Waals surface area contributed by atoms with Crippen molar-refractivity contribution < 1.29 is 19.5 Å². The summed E-state index contributed by atoms with van der Waals surface area (Å²) in [7, 11) is 0. The Morgan fingerprint density at radius 1 is 1.07 bits per heavy atom. The van der Waals surface area contributed by atoms with Crippen molar-refractivity contribution >= 4 is 40.5 Å². The predicted molar refractivity (Wildman–Crippen MR) is 120 cm³/mol. The van der Waals surface area contributed by atoms with E-state index in [-0.39, 0.29) is 16.9 Å². The molecule has 1 N–H and O–H groups in total. The van der Waals surface area contributed by atoms with Gasteiger partial charge in [0, 0.05) is 40.8 Å². The van der Waals surface area contributed by atoms with Crippen molar-refractivity contribution in [1.29, 1.82) is 0 Å². The lowest BCUT2D eigenvalue weighted by Crippen LogP contribution is -2.43. The Morgan fingerprint density at radius 2 is 1.70 bits per heavy atom. The largest absolute Gasteiger partial charge is 0.480 e. The molecule has 1 amide bonds. The lowest BCUT2D eigenvalue weighted by atomic mass is 9.96. The van der Waals surface area contributed by atoms with Gasteiger partial charge in [-0.25, -0.2) is 4.79 Å². The molecule has 2 aromatic rings. The van der Waals surface area contributed by atoms with Crippen molar-refractivity contribution in [3.05, 3.63) is 60.2 Å². The van der Waals surface area contributed by atoms with Gasteiger partial charge in [-0.05, 0) is 36.2 Å². The van der Waals surface area contributed by atoms with Crippen molar-refractivity contribution in [3.63, 3.8) is 0 Å². The predicted octanol–water partition coefficient (Wildman–Crippen LogP) is 4.52. The van der Waals surface area contributed by atoms with Gasteiger partial charge in [0.25, 0.3) is 0 Å². The van der Waals surface area contributed by atoms with Crippen LogP contribution in [0.1, 0.15) is 31.7 Å². The number of carboxylic acid groups (broad SMARTS) is 1. The minimum Gasteiger partial charge on any atom is -0.480 e. The van der Waals surface area contributed by atoms with Gasteiger partial charge in [0.15, 0.2) is 5.12 Å². The maximum absolute atomic E-state index is 12.8. The molecule has 0 radical (unpaired) electrons. The average molecular weight is 444 g/mol. The lowest BCUT2D eigenvalue weighted by molar-refractivity contribution is -0.149. The van der Waals surface area contributed by atoms with Crippen LogP contribution in [0.25, 0.3) is 0 Å². The van der Waals surface area contributed by atoms with Gasteiger partial charge in [-0.1, -0.05) is 60.8 Å². The topological polar surface area (TPSA) is 74.7 Å². The van der Waals surface area contributed by atoms with Gasteiger partial charge in [0.2, 0.25) is 5.91 Å². The second-order valence-corrected chi connectivity index (χ2v) is 9.81. The number of amides is 1. The number of rotatable bonds is 7. The number of aliphatic carboxylic acids is 1. The average Bonchev–Trinajstić information content (AvgIpc) is 3.18. The van der Waals surface area contributed by atoms with Crippen LogP contribution in [0.4, 0.5) is 0 Å². The molecule has 1 saturated heterocycles.